The van der Waals surface area contributed by atoms with Crippen LogP contribution in [0.4, 0.5) is 0 Å². The lowest BCUT2D eigenvalue weighted by atomic mass is 10.1. The number of ether oxygens (including phenoxy) is 3. The average molecular weight is 257 g/mol. The Bertz CT molecular complexity index is 381. The van der Waals surface area contributed by atoms with Crippen molar-refractivity contribution in [2.75, 3.05) is 27.2 Å². The van der Waals surface area contributed by atoms with Crippen molar-refractivity contribution in [2.24, 2.45) is 5.92 Å². The Hall–Kier alpha value is -1.09. The van der Waals surface area contributed by atoms with E-state index in [9.17, 15) is 0 Å². The molecule has 1 aliphatic carbocycles. The first-order valence-corrected chi connectivity index (χ1v) is 6.14. The van der Waals surface area contributed by atoms with E-state index in [0.717, 1.165) is 29.2 Å². The highest BCUT2D eigenvalue weighted by Crippen LogP contribution is 2.54. The van der Waals surface area contributed by atoms with Crippen LogP contribution in [0, 0.1) is 5.92 Å². The van der Waals surface area contributed by atoms with Gasteiger partial charge in [0.15, 0.2) is 0 Å². The molecule has 0 bridgehead atoms. The second kappa shape index (κ2) is 5.05. The summed E-state index contributed by atoms with van der Waals surface area (Å²) in [6.45, 7) is 0. The third-order valence-electron chi connectivity index (χ3n) is 3.24. The molecule has 0 heterocycles. The number of rotatable bonds is 5. The van der Waals surface area contributed by atoms with Crippen LogP contribution in [-0.2, 0) is 0 Å². The predicted octanol–water partition coefficient (Wildman–Crippen LogP) is 3.05. The van der Waals surface area contributed by atoms with Crippen molar-refractivity contribution < 1.29 is 14.2 Å². The monoisotopic (exact) mass is 256 g/mol. The Morgan fingerprint density at radius 1 is 1.12 bits per heavy atom. The molecule has 2 unspecified atom stereocenters. The molecule has 0 aromatic heterocycles. The van der Waals surface area contributed by atoms with Crippen LogP contribution in [0.1, 0.15) is 17.9 Å². The summed E-state index contributed by atoms with van der Waals surface area (Å²) in [6, 6.07) is 3.78. The summed E-state index contributed by atoms with van der Waals surface area (Å²) in [5.74, 6) is 4.04. The van der Waals surface area contributed by atoms with Gasteiger partial charge in [-0.2, -0.15) is 0 Å². The fraction of sp³-hybridized carbons (Fsp3) is 0.538. The van der Waals surface area contributed by atoms with Gasteiger partial charge in [-0.15, -0.1) is 11.6 Å². The Kier molecular flexibility index (Phi) is 3.67. The number of methoxy groups -OCH3 is 3. The molecular weight excluding hydrogens is 240 g/mol. The second-order valence-electron chi connectivity index (χ2n) is 4.20. The largest absolute Gasteiger partial charge is 0.496 e. The topological polar surface area (TPSA) is 27.7 Å². The molecular formula is C13H17ClO3. The smallest absolute Gasteiger partial charge is 0.129 e. The first-order valence-electron chi connectivity index (χ1n) is 5.61. The first-order chi connectivity index (χ1) is 8.24. The molecule has 1 saturated carbocycles. The van der Waals surface area contributed by atoms with Gasteiger partial charge in [0.25, 0.3) is 0 Å². The molecule has 0 spiro atoms. The molecule has 0 N–H and O–H groups in total. The highest BCUT2D eigenvalue weighted by Gasteiger charge is 2.41. The van der Waals surface area contributed by atoms with E-state index in [1.165, 1.54) is 0 Å². The van der Waals surface area contributed by atoms with Crippen molar-refractivity contribution in [1.29, 1.82) is 0 Å². The van der Waals surface area contributed by atoms with E-state index in [1.54, 1.807) is 21.3 Å². The number of hydrogen-bond acceptors (Lipinski definition) is 3. The third kappa shape index (κ3) is 2.29. The molecule has 94 valence electrons. The zero-order chi connectivity index (χ0) is 12.4. The van der Waals surface area contributed by atoms with Crippen molar-refractivity contribution in [1.82, 2.24) is 0 Å². The van der Waals surface area contributed by atoms with Crippen LogP contribution in [0.25, 0.3) is 0 Å². The van der Waals surface area contributed by atoms with Gasteiger partial charge >= 0.3 is 0 Å². The normalized spacial score (nSPS) is 22.1. The van der Waals surface area contributed by atoms with E-state index >= 15 is 0 Å². The summed E-state index contributed by atoms with van der Waals surface area (Å²) >= 11 is 5.89. The fourth-order valence-corrected chi connectivity index (χ4v) is 2.51. The third-order valence-corrected chi connectivity index (χ3v) is 3.64. The Morgan fingerprint density at radius 3 is 2.06 bits per heavy atom. The van der Waals surface area contributed by atoms with Gasteiger partial charge in [-0.1, -0.05) is 0 Å². The first kappa shape index (κ1) is 12.4. The minimum Gasteiger partial charge on any atom is -0.496 e. The van der Waals surface area contributed by atoms with Crippen molar-refractivity contribution in [3.05, 3.63) is 17.7 Å². The van der Waals surface area contributed by atoms with Crippen LogP contribution in [0.15, 0.2) is 12.1 Å². The Balaban J connectivity index is 2.41. The molecule has 0 radical (unpaired) electrons. The standard InChI is InChI=1S/C13H17ClO3/c1-15-9-5-11(16-2)13(12(6-9)17-3)10-4-8(10)7-14/h5-6,8,10H,4,7H2,1-3H3. The molecule has 0 saturated heterocycles. The lowest BCUT2D eigenvalue weighted by Crippen LogP contribution is -1.98. The maximum absolute atomic E-state index is 5.89. The molecule has 2 atom stereocenters. The molecule has 4 heteroatoms. The average Bonchev–Trinajstić information content (AvgIpc) is 3.15. The van der Waals surface area contributed by atoms with Crippen LogP contribution in [0.2, 0.25) is 0 Å². The van der Waals surface area contributed by atoms with Gasteiger partial charge in [0.1, 0.15) is 17.2 Å². The second-order valence-corrected chi connectivity index (χ2v) is 4.51. The van der Waals surface area contributed by atoms with E-state index in [1.807, 2.05) is 12.1 Å². The van der Waals surface area contributed by atoms with E-state index in [2.05, 4.69) is 0 Å². The van der Waals surface area contributed by atoms with Crippen molar-refractivity contribution in [2.45, 2.75) is 12.3 Å². The van der Waals surface area contributed by atoms with Crippen LogP contribution >= 0.6 is 11.6 Å². The molecule has 0 aliphatic heterocycles. The lowest BCUT2D eigenvalue weighted by molar-refractivity contribution is 0.368. The van der Waals surface area contributed by atoms with Crippen molar-refractivity contribution in [3.63, 3.8) is 0 Å². The molecule has 2 rings (SSSR count). The lowest BCUT2D eigenvalue weighted by Gasteiger charge is -2.14. The van der Waals surface area contributed by atoms with Gasteiger partial charge in [0.2, 0.25) is 0 Å². The molecule has 1 aliphatic rings. The van der Waals surface area contributed by atoms with Crippen LogP contribution in [0.5, 0.6) is 17.2 Å². The minimum absolute atomic E-state index is 0.448. The molecule has 0 amide bonds. The predicted molar refractivity (Wildman–Crippen MR) is 67.7 cm³/mol. The summed E-state index contributed by atoms with van der Waals surface area (Å²) in [7, 11) is 4.96. The SMILES string of the molecule is COc1cc(OC)c(C2CC2CCl)c(OC)c1. The van der Waals surface area contributed by atoms with Gasteiger partial charge < -0.3 is 14.2 Å². The van der Waals surface area contributed by atoms with Gasteiger partial charge in [-0.3, -0.25) is 0 Å². The summed E-state index contributed by atoms with van der Waals surface area (Å²) in [5, 5.41) is 0. The molecule has 1 aromatic carbocycles. The summed E-state index contributed by atoms with van der Waals surface area (Å²) in [4.78, 5) is 0. The number of alkyl halides is 1. The van der Waals surface area contributed by atoms with Crippen LogP contribution in [0.3, 0.4) is 0 Å². The minimum atomic E-state index is 0.448. The highest BCUT2D eigenvalue weighted by molar-refractivity contribution is 6.18. The zero-order valence-corrected chi connectivity index (χ0v) is 11.1. The van der Waals surface area contributed by atoms with Gasteiger partial charge in [0.05, 0.1) is 21.3 Å². The maximum atomic E-state index is 5.89. The van der Waals surface area contributed by atoms with Gasteiger partial charge in [0, 0.05) is 23.6 Å². The molecule has 1 aromatic rings. The highest BCUT2D eigenvalue weighted by atomic mass is 35.5. The summed E-state index contributed by atoms with van der Waals surface area (Å²) in [5.41, 5.74) is 1.11. The van der Waals surface area contributed by atoms with Crippen LogP contribution < -0.4 is 14.2 Å². The van der Waals surface area contributed by atoms with Crippen LogP contribution in [-0.4, -0.2) is 27.2 Å². The Labute approximate surface area is 107 Å². The zero-order valence-electron chi connectivity index (χ0n) is 10.3. The Morgan fingerprint density at radius 2 is 1.71 bits per heavy atom. The molecule has 17 heavy (non-hydrogen) atoms. The van der Waals surface area contributed by atoms with Crippen molar-refractivity contribution >= 4 is 11.6 Å². The maximum Gasteiger partial charge on any atom is 0.129 e. The quantitative estimate of drug-likeness (QED) is 0.758. The summed E-state index contributed by atoms with van der Waals surface area (Å²) < 4.78 is 16.1. The van der Waals surface area contributed by atoms with Gasteiger partial charge in [-0.25, -0.2) is 0 Å². The number of benzene rings is 1. The molecule has 1 fully saturated rings. The van der Waals surface area contributed by atoms with E-state index in [4.69, 9.17) is 25.8 Å². The van der Waals surface area contributed by atoms with Crippen molar-refractivity contribution in [3.8, 4) is 17.2 Å². The van der Waals surface area contributed by atoms with E-state index in [-0.39, 0.29) is 0 Å². The summed E-state index contributed by atoms with van der Waals surface area (Å²) in [6.07, 6.45) is 1.10. The number of hydrogen-bond donors (Lipinski definition) is 0. The fourth-order valence-electron chi connectivity index (χ4n) is 2.17. The number of halogens is 1. The van der Waals surface area contributed by atoms with Gasteiger partial charge in [-0.05, 0) is 18.3 Å². The molecule has 3 nitrogen and oxygen atoms in total. The van der Waals surface area contributed by atoms with E-state index in [0.29, 0.717) is 17.7 Å². The van der Waals surface area contributed by atoms with E-state index < -0.39 is 0 Å².